The number of rotatable bonds is 3. The summed E-state index contributed by atoms with van der Waals surface area (Å²) in [5.74, 6) is 0.439. The molecule has 0 bridgehead atoms. The van der Waals surface area contributed by atoms with Crippen molar-refractivity contribution in [2.75, 3.05) is 18.0 Å². The molecule has 0 radical (unpaired) electrons. The predicted octanol–water partition coefficient (Wildman–Crippen LogP) is 2.77. The zero-order valence-electron chi connectivity index (χ0n) is 11.9. The number of nitro groups is 1. The van der Waals surface area contributed by atoms with Crippen molar-refractivity contribution in [2.24, 2.45) is 11.7 Å². The summed E-state index contributed by atoms with van der Waals surface area (Å²) in [6, 6.07) is 3.91. The molecule has 2 N–H and O–H groups in total. The SMILES string of the molecule is CC1CCCN(c2ccc3scnc3c2[N+](=O)[O-])C1CN. The summed E-state index contributed by atoms with van der Waals surface area (Å²) in [5, 5.41) is 11.6. The number of anilines is 1. The number of aromatic nitrogens is 1. The van der Waals surface area contributed by atoms with E-state index in [2.05, 4.69) is 16.8 Å². The molecule has 1 aromatic heterocycles. The number of hydrogen-bond donors (Lipinski definition) is 1. The van der Waals surface area contributed by atoms with Gasteiger partial charge in [-0.3, -0.25) is 10.1 Å². The van der Waals surface area contributed by atoms with E-state index in [9.17, 15) is 10.1 Å². The van der Waals surface area contributed by atoms with Gasteiger partial charge in [0.25, 0.3) is 0 Å². The van der Waals surface area contributed by atoms with Crippen molar-refractivity contribution in [1.29, 1.82) is 0 Å². The van der Waals surface area contributed by atoms with E-state index in [1.165, 1.54) is 11.3 Å². The number of nitro benzene ring substituents is 1. The first-order valence-electron chi connectivity index (χ1n) is 7.10. The molecular formula is C14H18N4O2S. The van der Waals surface area contributed by atoms with Gasteiger partial charge in [-0.25, -0.2) is 4.98 Å². The van der Waals surface area contributed by atoms with Gasteiger partial charge in [0.1, 0.15) is 5.69 Å². The van der Waals surface area contributed by atoms with Crippen molar-refractivity contribution < 1.29 is 4.92 Å². The average Bonchev–Trinajstić information content (AvgIpc) is 2.93. The lowest BCUT2D eigenvalue weighted by atomic mass is 9.90. The van der Waals surface area contributed by atoms with Crippen LogP contribution in [0.3, 0.4) is 0 Å². The van der Waals surface area contributed by atoms with Crippen molar-refractivity contribution in [3.63, 3.8) is 0 Å². The summed E-state index contributed by atoms with van der Waals surface area (Å²) in [6.07, 6.45) is 2.15. The van der Waals surface area contributed by atoms with Crippen LogP contribution in [0.5, 0.6) is 0 Å². The third-order valence-corrected chi connectivity index (χ3v) is 5.10. The summed E-state index contributed by atoms with van der Waals surface area (Å²) in [5.41, 5.74) is 8.82. The number of benzene rings is 1. The number of nitrogens with two attached hydrogens (primary N) is 1. The minimum Gasteiger partial charge on any atom is -0.361 e. The molecule has 2 atom stereocenters. The van der Waals surface area contributed by atoms with Crippen LogP contribution in [0.4, 0.5) is 11.4 Å². The Morgan fingerprint density at radius 2 is 2.38 bits per heavy atom. The van der Waals surface area contributed by atoms with Crippen molar-refractivity contribution >= 4 is 32.9 Å². The van der Waals surface area contributed by atoms with Gasteiger partial charge in [0, 0.05) is 19.1 Å². The number of thiazole rings is 1. The fourth-order valence-corrected chi connectivity index (χ4v) is 3.90. The number of nitrogens with zero attached hydrogens (tertiary/aromatic N) is 3. The van der Waals surface area contributed by atoms with Gasteiger partial charge in [0.15, 0.2) is 5.52 Å². The van der Waals surface area contributed by atoms with Gasteiger partial charge in [-0.2, -0.15) is 0 Å². The Morgan fingerprint density at radius 1 is 1.57 bits per heavy atom. The van der Waals surface area contributed by atoms with E-state index in [1.807, 2.05) is 12.1 Å². The van der Waals surface area contributed by atoms with Gasteiger partial charge < -0.3 is 10.6 Å². The Morgan fingerprint density at radius 3 is 3.10 bits per heavy atom. The zero-order chi connectivity index (χ0) is 15.0. The second kappa shape index (κ2) is 5.57. The third-order valence-electron chi connectivity index (χ3n) is 4.30. The van der Waals surface area contributed by atoms with Crippen molar-refractivity contribution in [3.8, 4) is 0 Å². The fourth-order valence-electron chi connectivity index (χ4n) is 3.23. The van der Waals surface area contributed by atoms with Gasteiger partial charge >= 0.3 is 5.69 Å². The Kier molecular flexibility index (Phi) is 3.77. The molecule has 1 aliphatic heterocycles. The smallest absolute Gasteiger partial charge is 0.319 e. The standard InChI is InChI=1S/C14H18N4O2S/c1-9-3-2-6-17(11(9)7-15)10-4-5-12-13(16-8-21-12)14(10)18(19)20/h4-5,8-9,11H,2-3,6-7,15H2,1H3. The molecule has 0 aliphatic carbocycles. The molecule has 1 aromatic carbocycles. The quantitative estimate of drug-likeness (QED) is 0.696. The molecule has 3 rings (SSSR count). The topological polar surface area (TPSA) is 85.3 Å². The van der Waals surface area contributed by atoms with Crippen LogP contribution in [0.2, 0.25) is 0 Å². The van der Waals surface area contributed by atoms with Crippen LogP contribution in [0, 0.1) is 16.0 Å². The number of piperidine rings is 1. The molecule has 7 heteroatoms. The number of hydrogen-bond acceptors (Lipinski definition) is 6. The summed E-state index contributed by atoms with van der Waals surface area (Å²) in [4.78, 5) is 17.5. The van der Waals surface area contributed by atoms with Gasteiger partial charge in [-0.1, -0.05) is 6.92 Å². The normalized spacial score (nSPS) is 22.7. The lowest BCUT2D eigenvalue weighted by Gasteiger charge is -2.40. The highest BCUT2D eigenvalue weighted by Gasteiger charge is 2.33. The Labute approximate surface area is 126 Å². The van der Waals surface area contributed by atoms with Gasteiger partial charge in [-0.05, 0) is 30.9 Å². The molecule has 112 valence electrons. The summed E-state index contributed by atoms with van der Waals surface area (Å²) in [7, 11) is 0. The van der Waals surface area contributed by atoms with Crippen LogP contribution in [-0.4, -0.2) is 29.0 Å². The summed E-state index contributed by atoms with van der Waals surface area (Å²) < 4.78 is 0.847. The second-order valence-corrected chi connectivity index (χ2v) is 6.39. The predicted molar refractivity (Wildman–Crippen MR) is 84.9 cm³/mol. The van der Waals surface area contributed by atoms with E-state index < -0.39 is 0 Å². The van der Waals surface area contributed by atoms with E-state index in [0.717, 1.165) is 24.1 Å². The third kappa shape index (κ3) is 2.36. The van der Waals surface area contributed by atoms with Crippen LogP contribution in [0.15, 0.2) is 17.6 Å². The molecule has 0 spiro atoms. The monoisotopic (exact) mass is 306 g/mol. The Bertz CT molecular complexity index is 672. The summed E-state index contributed by atoms with van der Waals surface area (Å²) >= 11 is 1.42. The van der Waals surface area contributed by atoms with Gasteiger partial charge in [-0.15, -0.1) is 11.3 Å². The largest absolute Gasteiger partial charge is 0.361 e. The van der Waals surface area contributed by atoms with Crippen molar-refractivity contribution in [2.45, 2.75) is 25.8 Å². The van der Waals surface area contributed by atoms with Crippen LogP contribution in [0.25, 0.3) is 10.2 Å². The second-order valence-electron chi connectivity index (χ2n) is 5.51. The van der Waals surface area contributed by atoms with E-state index in [1.54, 1.807) is 5.51 Å². The van der Waals surface area contributed by atoms with E-state index in [-0.39, 0.29) is 16.7 Å². The molecule has 6 nitrogen and oxygen atoms in total. The van der Waals surface area contributed by atoms with Crippen LogP contribution < -0.4 is 10.6 Å². The van der Waals surface area contributed by atoms with Gasteiger partial charge in [0.2, 0.25) is 0 Å². The van der Waals surface area contributed by atoms with Crippen LogP contribution in [-0.2, 0) is 0 Å². The average molecular weight is 306 g/mol. The Hall–Kier alpha value is -1.73. The fraction of sp³-hybridized carbons (Fsp3) is 0.500. The molecule has 0 amide bonds. The van der Waals surface area contributed by atoms with Crippen molar-refractivity contribution in [1.82, 2.24) is 4.98 Å². The molecule has 1 saturated heterocycles. The summed E-state index contributed by atoms with van der Waals surface area (Å²) in [6.45, 7) is 3.48. The van der Waals surface area contributed by atoms with E-state index in [4.69, 9.17) is 5.73 Å². The highest BCUT2D eigenvalue weighted by Crippen LogP contribution is 2.39. The first-order valence-corrected chi connectivity index (χ1v) is 7.98. The molecular weight excluding hydrogens is 288 g/mol. The first kappa shape index (κ1) is 14.2. The lowest BCUT2D eigenvalue weighted by molar-refractivity contribution is -0.382. The minimum atomic E-state index is -0.315. The minimum absolute atomic E-state index is 0.112. The van der Waals surface area contributed by atoms with Gasteiger partial charge in [0.05, 0.1) is 15.1 Å². The maximum atomic E-state index is 11.6. The van der Waals surface area contributed by atoms with Crippen molar-refractivity contribution in [3.05, 3.63) is 27.8 Å². The van der Waals surface area contributed by atoms with Crippen LogP contribution >= 0.6 is 11.3 Å². The lowest BCUT2D eigenvalue weighted by Crippen LogP contribution is -2.49. The molecule has 2 aromatic rings. The molecule has 1 fully saturated rings. The molecule has 2 heterocycles. The Balaban J connectivity index is 2.14. The molecule has 21 heavy (non-hydrogen) atoms. The molecule has 2 unspecified atom stereocenters. The molecule has 0 saturated carbocycles. The number of fused-ring (bicyclic) bond motifs is 1. The highest BCUT2D eigenvalue weighted by molar-refractivity contribution is 7.16. The zero-order valence-corrected chi connectivity index (χ0v) is 12.7. The maximum Gasteiger partial charge on any atom is 0.319 e. The maximum absolute atomic E-state index is 11.6. The van der Waals surface area contributed by atoms with Crippen LogP contribution in [0.1, 0.15) is 19.8 Å². The first-order chi connectivity index (χ1) is 10.1. The van der Waals surface area contributed by atoms with E-state index in [0.29, 0.717) is 23.7 Å². The van der Waals surface area contributed by atoms with E-state index >= 15 is 0 Å². The molecule has 1 aliphatic rings. The highest BCUT2D eigenvalue weighted by atomic mass is 32.1.